The number of hydrogen-bond acceptors (Lipinski definition) is 5. The van der Waals surface area contributed by atoms with Crippen molar-refractivity contribution in [2.75, 3.05) is 16.9 Å². The van der Waals surface area contributed by atoms with Gasteiger partial charge in [-0.3, -0.25) is 9.59 Å². The van der Waals surface area contributed by atoms with E-state index in [1.807, 2.05) is 19.9 Å². The molecule has 5 nitrogen and oxygen atoms in total. The van der Waals surface area contributed by atoms with Gasteiger partial charge in [-0.05, 0) is 20.3 Å². The Labute approximate surface area is 132 Å². The van der Waals surface area contributed by atoms with Crippen molar-refractivity contribution >= 4 is 40.0 Å². The molecule has 1 aliphatic rings. The largest absolute Gasteiger partial charge is 0.317 e. The molecule has 1 fully saturated rings. The van der Waals surface area contributed by atoms with Crippen LogP contribution >= 0.6 is 23.1 Å². The van der Waals surface area contributed by atoms with Crippen molar-refractivity contribution < 1.29 is 9.59 Å². The van der Waals surface area contributed by atoms with Crippen molar-refractivity contribution in [3.05, 3.63) is 22.7 Å². The van der Waals surface area contributed by atoms with Crippen LogP contribution in [-0.4, -0.2) is 39.4 Å². The van der Waals surface area contributed by atoms with E-state index < -0.39 is 6.04 Å². The zero-order valence-electron chi connectivity index (χ0n) is 12.4. The summed E-state index contributed by atoms with van der Waals surface area (Å²) in [6.45, 7) is 5.73. The van der Waals surface area contributed by atoms with Crippen LogP contribution in [0.25, 0.3) is 0 Å². The smallest absolute Gasteiger partial charge is 0.250 e. The number of nitrogens with one attached hydrogen (secondary N) is 1. The molecule has 0 aromatic carbocycles. The average Bonchev–Trinajstić information content (AvgIpc) is 3.07. The maximum atomic E-state index is 12.4. The molecule has 7 heteroatoms. The Morgan fingerprint density at radius 1 is 1.57 bits per heavy atom. The molecule has 21 heavy (non-hydrogen) atoms. The highest BCUT2D eigenvalue weighted by molar-refractivity contribution is 7.99. The Hall–Kier alpha value is -1.34. The standard InChI is InChI=1S/C14H19N3O2S2/c1-4-5-9(2)13(19)17-8-20-7-11(17)12(18)16-14-15-6-10(3)21-14/h5-6,11H,4,7-8H2,1-3H3,(H,15,16,18)/b9-5+/t11-/m0/s1. The van der Waals surface area contributed by atoms with Crippen LogP contribution < -0.4 is 5.32 Å². The van der Waals surface area contributed by atoms with E-state index in [4.69, 9.17) is 0 Å². The highest BCUT2D eigenvalue weighted by Gasteiger charge is 2.35. The Kier molecular flexibility index (Phi) is 5.41. The third-order valence-electron chi connectivity index (χ3n) is 3.14. The molecule has 1 atom stereocenters. The first-order valence-corrected chi connectivity index (χ1v) is 8.78. The summed E-state index contributed by atoms with van der Waals surface area (Å²) in [5.74, 6) is 0.966. The van der Waals surface area contributed by atoms with Gasteiger partial charge in [0.2, 0.25) is 5.91 Å². The van der Waals surface area contributed by atoms with Crippen molar-refractivity contribution in [2.45, 2.75) is 33.2 Å². The SMILES string of the molecule is CC/C=C(\C)C(=O)N1CSC[C@H]1C(=O)Nc1ncc(C)s1. The van der Waals surface area contributed by atoms with Crippen LogP contribution in [0.4, 0.5) is 5.13 Å². The molecule has 0 saturated carbocycles. The van der Waals surface area contributed by atoms with E-state index in [1.165, 1.54) is 11.3 Å². The first-order valence-electron chi connectivity index (χ1n) is 6.81. The van der Waals surface area contributed by atoms with E-state index >= 15 is 0 Å². The number of anilines is 1. The Morgan fingerprint density at radius 2 is 2.33 bits per heavy atom. The van der Waals surface area contributed by atoms with Gasteiger partial charge in [0.15, 0.2) is 5.13 Å². The van der Waals surface area contributed by atoms with Gasteiger partial charge in [-0.2, -0.15) is 0 Å². The van der Waals surface area contributed by atoms with E-state index in [1.54, 1.807) is 29.8 Å². The molecule has 0 unspecified atom stereocenters. The minimum absolute atomic E-state index is 0.0580. The fourth-order valence-electron chi connectivity index (χ4n) is 2.08. The number of carbonyl (C=O) groups is 2. The van der Waals surface area contributed by atoms with Crippen molar-refractivity contribution in [1.29, 1.82) is 0 Å². The lowest BCUT2D eigenvalue weighted by Crippen LogP contribution is -2.44. The number of nitrogens with zero attached hydrogens (tertiary/aromatic N) is 2. The van der Waals surface area contributed by atoms with Gasteiger partial charge in [-0.25, -0.2) is 4.98 Å². The summed E-state index contributed by atoms with van der Waals surface area (Å²) in [7, 11) is 0. The molecule has 1 aromatic rings. The molecule has 0 spiro atoms. The number of allylic oxidation sites excluding steroid dienone is 1. The van der Waals surface area contributed by atoms with Crippen molar-refractivity contribution in [1.82, 2.24) is 9.88 Å². The van der Waals surface area contributed by atoms with Gasteiger partial charge >= 0.3 is 0 Å². The van der Waals surface area contributed by atoms with Crippen LogP contribution in [0.15, 0.2) is 17.8 Å². The predicted octanol–water partition coefficient (Wildman–Crippen LogP) is 2.65. The molecular formula is C14H19N3O2S2. The van der Waals surface area contributed by atoms with Gasteiger partial charge in [0.05, 0.1) is 5.88 Å². The molecule has 1 aliphatic heterocycles. The summed E-state index contributed by atoms with van der Waals surface area (Å²) in [5.41, 5.74) is 0.697. The fourth-order valence-corrected chi connectivity index (χ4v) is 3.90. The van der Waals surface area contributed by atoms with Crippen LogP contribution in [0.3, 0.4) is 0 Å². The second kappa shape index (κ2) is 7.09. The van der Waals surface area contributed by atoms with Crippen molar-refractivity contribution in [3.8, 4) is 0 Å². The van der Waals surface area contributed by atoms with Crippen LogP contribution in [0.5, 0.6) is 0 Å². The normalized spacial score (nSPS) is 18.9. The molecule has 1 N–H and O–H groups in total. The lowest BCUT2D eigenvalue weighted by molar-refractivity contribution is -0.133. The van der Waals surface area contributed by atoms with Gasteiger partial charge in [0, 0.05) is 22.4 Å². The van der Waals surface area contributed by atoms with Gasteiger partial charge in [0.1, 0.15) is 6.04 Å². The number of thioether (sulfide) groups is 1. The molecule has 0 radical (unpaired) electrons. The Balaban J connectivity index is 2.05. The van der Waals surface area contributed by atoms with Crippen molar-refractivity contribution in [2.24, 2.45) is 0 Å². The highest BCUT2D eigenvalue weighted by atomic mass is 32.2. The Bertz CT molecular complexity index is 568. The lowest BCUT2D eigenvalue weighted by Gasteiger charge is -2.23. The van der Waals surface area contributed by atoms with Gasteiger partial charge in [-0.1, -0.05) is 13.0 Å². The summed E-state index contributed by atoms with van der Waals surface area (Å²) in [6, 6.07) is -0.424. The number of carbonyl (C=O) groups excluding carboxylic acids is 2. The van der Waals surface area contributed by atoms with Gasteiger partial charge in [0.25, 0.3) is 5.91 Å². The summed E-state index contributed by atoms with van der Waals surface area (Å²) >= 11 is 3.03. The third kappa shape index (κ3) is 3.85. The maximum absolute atomic E-state index is 12.4. The molecule has 114 valence electrons. The first-order chi connectivity index (χ1) is 10.0. The molecule has 1 aromatic heterocycles. The topological polar surface area (TPSA) is 62.3 Å². The molecule has 2 heterocycles. The van der Waals surface area contributed by atoms with Crippen LogP contribution in [0.1, 0.15) is 25.1 Å². The second-order valence-corrected chi connectivity index (χ2v) is 7.09. The fraction of sp³-hybridized carbons (Fsp3) is 0.500. The average molecular weight is 325 g/mol. The molecular weight excluding hydrogens is 306 g/mol. The summed E-state index contributed by atoms with van der Waals surface area (Å²) in [6.07, 6.45) is 4.43. The number of hydrogen-bond donors (Lipinski definition) is 1. The summed E-state index contributed by atoms with van der Waals surface area (Å²) < 4.78 is 0. The summed E-state index contributed by atoms with van der Waals surface area (Å²) in [5, 5.41) is 3.39. The maximum Gasteiger partial charge on any atom is 0.250 e. The summed E-state index contributed by atoms with van der Waals surface area (Å²) in [4.78, 5) is 31.5. The van der Waals surface area contributed by atoms with Gasteiger partial charge in [-0.15, -0.1) is 23.1 Å². The molecule has 2 rings (SSSR count). The molecule has 0 bridgehead atoms. The van der Waals surface area contributed by atoms with Crippen molar-refractivity contribution in [3.63, 3.8) is 0 Å². The second-order valence-electron chi connectivity index (χ2n) is 4.85. The van der Waals surface area contributed by atoms with Crippen LogP contribution in [0, 0.1) is 6.92 Å². The molecule has 1 saturated heterocycles. The third-order valence-corrected chi connectivity index (χ3v) is 4.99. The number of rotatable bonds is 4. The zero-order valence-corrected chi connectivity index (χ0v) is 14.0. The van der Waals surface area contributed by atoms with Crippen LogP contribution in [0.2, 0.25) is 0 Å². The lowest BCUT2D eigenvalue weighted by atomic mass is 10.2. The zero-order chi connectivity index (χ0) is 15.4. The van der Waals surface area contributed by atoms with E-state index in [9.17, 15) is 9.59 Å². The van der Waals surface area contributed by atoms with E-state index in [-0.39, 0.29) is 11.8 Å². The predicted molar refractivity (Wildman–Crippen MR) is 87.5 cm³/mol. The van der Waals surface area contributed by atoms with Crippen LogP contribution in [-0.2, 0) is 9.59 Å². The molecule has 2 amide bonds. The molecule has 0 aliphatic carbocycles. The minimum atomic E-state index is -0.424. The first kappa shape index (κ1) is 16.0. The van der Waals surface area contributed by atoms with E-state index in [2.05, 4.69) is 10.3 Å². The number of aromatic nitrogens is 1. The quantitative estimate of drug-likeness (QED) is 0.865. The Morgan fingerprint density at radius 3 is 2.95 bits per heavy atom. The minimum Gasteiger partial charge on any atom is -0.317 e. The van der Waals surface area contributed by atoms with E-state index in [0.717, 1.165) is 11.3 Å². The highest BCUT2D eigenvalue weighted by Crippen LogP contribution is 2.25. The van der Waals surface area contributed by atoms with Gasteiger partial charge < -0.3 is 10.2 Å². The number of thiazole rings is 1. The number of amides is 2. The van der Waals surface area contributed by atoms with E-state index in [0.29, 0.717) is 22.3 Å². The number of aryl methyl sites for hydroxylation is 1. The monoisotopic (exact) mass is 325 g/mol.